The van der Waals surface area contributed by atoms with Crippen LogP contribution in [0.1, 0.15) is 33.6 Å². The third kappa shape index (κ3) is 2.97. The van der Waals surface area contributed by atoms with Gasteiger partial charge in [0, 0.05) is 6.42 Å². The van der Waals surface area contributed by atoms with Gasteiger partial charge in [-0.1, -0.05) is 20.8 Å². The number of hydrogen-bond acceptors (Lipinski definition) is 2. The lowest BCUT2D eigenvalue weighted by Gasteiger charge is -2.12. The Morgan fingerprint density at radius 3 is 2.30 bits per heavy atom. The van der Waals surface area contributed by atoms with Gasteiger partial charge >= 0.3 is 0 Å². The van der Waals surface area contributed by atoms with Gasteiger partial charge in [0.05, 0.1) is 6.04 Å². The van der Waals surface area contributed by atoms with Crippen LogP contribution in [0.5, 0.6) is 0 Å². The number of Topliss-reactive ketones (excluding diaryl/α,β-unsaturated/α-hetero) is 1. The van der Waals surface area contributed by atoms with E-state index in [0.29, 0.717) is 6.42 Å². The first kappa shape index (κ1) is 9.63. The molecule has 10 heavy (non-hydrogen) atoms. The summed E-state index contributed by atoms with van der Waals surface area (Å²) >= 11 is 0. The lowest BCUT2D eigenvalue weighted by atomic mass is 9.98. The molecule has 1 atom stereocenters. The molecule has 2 nitrogen and oxygen atoms in total. The van der Waals surface area contributed by atoms with Gasteiger partial charge in [0.25, 0.3) is 0 Å². The predicted molar refractivity (Wildman–Crippen MR) is 42.7 cm³/mol. The first-order valence-electron chi connectivity index (χ1n) is 3.87. The average molecular weight is 143 g/mol. The first-order valence-corrected chi connectivity index (χ1v) is 3.87. The van der Waals surface area contributed by atoms with Crippen LogP contribution in [-0.4, -0.2) is 11.8 Å². The third-order valence-electron chi connectivity index (χ3n) is 1.59. The van der Waals surface area contributed by atoms with E-state index in [0.717, 1.165) is 6.42 Å². The van der Waals surface area contributed by atoms with Gasteiger partial charge in [0.2, 0.25) is 0 Å². The minimum atomic E-state index is -0.250. The lowest BCUT2D eigenvalue weighted by molar-refractivity contribution is -0.121. The Hall–Kier alpha value is -0.370. The molecule has 0 saturated heterocycles. The Labute approximate surface area is 62.8 Å². The van der Waals surface area contributed by atoms with Gasteiger partial charge in [-0.25, -0.2) is 0 Å². The molecule has 0 aromatic rings. The highest BCUT2D eigenvalue weighted by molar-refractivity contribution is 5.83. The number of nitrogens with two attached hydrogens (primary N) is 1. The minimum absolute atomic E-state index is 0.192. The smallest absolute Gasteiger partial charge is 0.149 e. The summed E-state index contributed by atoms with van der Waals surface area (Å²) in [5.74, 6) is 0.469. The summed E-state index contributed by atoms with van der Waals surface area (Å²) in [4.78, 5) is 11.1. The van der Waals surface area contributed by atoms with Crippen molar-refractivity contribution in [3.05, 3.63) is 0 Å². The number of ketones is 1. The molecule has 0 bridgehead atoms. The molecule has 0 fully saturated rings. The molecule has 0 amide bonds. The second-order valence-corrected chi connectivity index (χ2v) is 2.99. The topological polar surface area (TPSA) is 43.1 Å². The molecule has 0 aliphatic heterocycles. The summed E-state index contributed by atoms with van der Waals surface area (Å²) in [6.45, 7) is 5.93. The lowest BCUT2D eigenvalue weighted by Crippen LogP contribution is -2.35. The van der Waals surface area contributed by atoms with Crippen LogP contribution in [0.2, 0.25) is 0 Å². The maximum Gasteiger partial charge on any atom is 0.149 e. The minimum Gasteiger partial charge on any atom is -0.321 e. The van der Waals surface area contributed by atoms with E-state index in [4.69, 9.17) is 5.73 Å². The summed E-state index contributed by atoms with van der Waals surface area (Å²) in [5.41, 5.74) is 5.60. The Balaban J connectivity index is 3.71. The normalized spacial score (nSPS) is 13.7. The van der Waals surface area contributed by atoms with E-state index < -0.39 is 0 Å². The number of rotatable bonds is 4. The van der Waals surface area contributed by atoms with Crippen LogP contribution >= 0.6 is 0 Å². The van der Waals surface area contributed by atoms with Gasteiger partial charge in [-0.2, -0.15) is 0 Å². The van der Waals surface area contributed by atoms with Crippen LogP contribution in [-0.2, 0) is 4.79 Å². The number of hydrogen-bond donors (Lipinski definition) is 1. The number of carbonyl (C=O) groups is 1. The highest BCUT2D eigenvalue weighted by atomic mass is 16.1. The second kappa shape index (κ2) is 4.45. The van der Waals surface area contributed by atoms with Crippen molar-refractivity contribution < 1.29 is 4.79 Å². The van der Waals surface area contributed by atoms with Crippen molar-refractivity contribution in [3.8, 4) is 0 Å². The molecular formula is C8H17NO. The highest BCUT2D eigenvalue weighted by Crippen LogP contribution is 2.02. The molecule has 0 spiro atoms. The molecule has 0 radical (unpaired) electrons. The zero-order valence-corrected chi connectivity index (χ0v) is 7.05. The molecule has 0 aliphatic rings. The van der Waals surface area contributed by atoms with Crippen LogP contribution in [0.3, 0.4) is 0 Å². The summed E-state index contributed by atoms with van der Waals surface area (Å²) in [6, 6.07) is -0.250. The molecule has 2 N–H and O–H groups in total. The monoisotopic (exact) mass is 143 g/mol. The molecule has 0 aromatic heterocycles. The Morgan fingerprint density at radius 1 is 1.50 bits per heavy atom. The van der Waals surface area contributed by atoms with E-state index in [1.165, 1.54) is 0 Å². The van der Waals surface area contributed by atoms with Gasteiger partial charge in [-0.15, -0.1) is 0 Å². The Kier molecular flexibility index (Phi) is 4.28. The fourth-order valence-corrected chi connectivity index (χ4v) is 0.785. The summed E-state index contributed by atoms with van der Waals surface area (Å²) in [5, 5.41) is 0. The SMILES string of the molecule is CCCC(=O)C(N)C(C)C. The largest absolute Gasteiger partial charge is 0.321 e. The van der Waals surface area contributed by atoms with Crippen LogP contribution < -0.4 is 5.73 Å². The van der Waals surface area contributed by atoms with Crippen LogP contribution in [0.4, 0.5) is 0 Å². The van der Waals surface area contributed by atoms with Crippen molar-refractivity contribution in [2.24, 2.45) is 11.7 Å². The third-order valence-corrected chi connectivity index (χ3v) is 1.59. The van der Waals surface area contributed by atoms with Gasteiger partial charge < -0.3 is 5.73 Å². The van der Waals surface area contributed by atoms with Crippen molar-refractivity contribution in [1.29, 1.82) is 0 Å². The van der Waals surface area contributed by atoms with Gasteiger partial charge in [-0.05, 0) is 12.3 Å². The number of carbonyl (C=O) groups excluding carboxylic acids is 1. The molecule has 0 rings (SSSR count). The van der Waals surface area contributed by atoms with Crippen molar-refractivity contribution in [2.75, 3.05) is 0 Å². The molecular weight excluding hydrogens is 126 g/mol. The van der Waals surface area contributed by atoms with Crippen LogP contribution in [0.25, 0.3) is 0 Å². The maximum atomic E-state index is 11.1. The van der Waals surface area contributed by atoms with E-state index in [1.54, 1.807) is 0 Å². The fourth-order valence-electron chi connectivity index (χ4n) is 0.785. The van der Waals surface area contributed by atoms with E-state index in [9.17, 15) is 4.79 Å². The van der Waals surface area contributed by atoms with Crippen molar-refractivity contribution in [1.82, 2.24) is 0 Å². The predicted octanol–water partition coefficient (Wildman–Crippen LogP) is 1.34. The zero-order valence-electron chi connectivity index (χ0n) is 7.05. The highest BCUT2D eigenvalue weighted by Gasteiger charge is 2.15. The molecule has 0 heterocycles. The standard InChI is InChI=1S/C8H17NO/c1-4-5-7(10)8(9)6(2)3/h6,8H,4-5,9H2,1-3H3. The summed E-state index contributed by atoms with van der Waals surface area (Å²) < 4.78 is 0. The second-order valence-electron chi connectivity index (χ2n) is 2.99. The molecule has 0 aromatic carbocycles. The van der Waals surface area contributed by atoms with Gasteiger partial charge in [0.1, 0.15) is 5.78 Å². The summed E-state index contributed by atoms with van der Waals surface area (Å²) in [6.07, 6.45) is 1.53. The van der Waals surface area contributed by atoms with E-state index in [2.05, 4.69) is 0 Å². The Morgan fingerprint density at radius 2 is 2.00 bits per heavy atom. The maximum absolute atomic E-state index is 11.1. The average Bonchev–Trinajstić information content (AvgIpc) is 1.87. The van der Waals surface area contributed by atoms with Crippen molar-refractivity contribution in [3.63, 3.8) is 0 Å². The first-order chi connectivity index (χ1) is 4.59. The summed E-state index contributed by atoms with van der Waals surface area (Å²) in [7, 11) is 0. The Bertz CT molecular complexity index is 110. The molecule has 0 saturated carbocycles. The van der Waals surface area contributed by atoms with Gasteiger partial charge in [0.15, 0.2) is 0 Å². The van der Waals surface area contributed by atoms with Crippen LogP contribution in [0.15, 0.2) is 0 Å². The molecule has 1 unspecified atom stereocenters. The molecule has 0 aliphatic carbocycles. The zero-order chi connectivity index (χ0) is 8.15. The van der Waals surface area contributed by atoms with Crippen molar-refractivity contribution in [2.45, 2.75) is 39.7 Å². The van der Waals surface area contributed by atoms with E-state index in [-0.39, 0.29) is 17.7 Å². The van der Waals surface area contributed by atoms with E-state index in [1.807, 2.05) is 20.8 Å². The molecule has 60 valence electrons. The van der Waals surface area contributed by atoms with Crippen molar-refractivity contribution >= 4 is 5.78 Å². The van der Waals surface area contributed by atoms with E-state index >= 15 is 0 Å². The fraction of sp³-hybridized carbons (Fsp3) is 0.875. The quantitative estimate of drug-likeness (QED) is 0.645. The van der Waals surface area contributed by atoms with Gasteiger partial charge in [-0.3, -0.25) is 4.79 Å². The van der Waals surface area contributed by atoms with Crippen LogP contribution in [0, 0.1) is 5.92 Å². The molecule has 2 heteroatoms.